The number of benzene rings is 1. The van der Waals surface area contributed by atoms with Crippen LogP contribution in [0.1, 0.15) is 22.9 Å². The molecule has 6 nitrogen and oxygen atoms in total. The molecule has 0 amide bonds. The van der Waals surface area contributed by atoms with Crippen LogP contribution >= 0.6 is 0 Å². The lowest BCUT2D eigenvalue weighted by Gasteiger charge is -2.22. The molecule has 3 rings (SSSR count). The molecule has 0 spiro atoms. The third kappa shape index (κ3) is 4.14. The molecule has 1 aliphatic rings. The maximum atomic E-state index is 5.91. The molecule has 1 aromatic carbocycles. The number of hydrogen-bond acceptors (Lipinski definition) is 5. The fourth-order valence-electron chi connectivity index (χ4n) is 2.88. The van der Waals surface area contributed by atoms with Gasteiger partial charge in [-0.25, -0.2) is 0 Å². The van der Waals surface area contributed by atoms with E-state index in [1.54, 1.807) is 14.2 Å². The van der Waals surface area contributed by atoms with Crippen molar-refractivity contribution in [3.8, 4) is 5.75 Å². The monoisotopic (exact) mass is 331 g/mol. The maximum Gasteiger partial charge on any atom is 0.118 e. The molecule has 1 N–H and O–H groups in total. The summed E-state index contributed by atoms with van der Waals surface area (Å²) in [6.07, 6.45) is 3.06. The Balaban J connectivity index is 1.55. The van der Waals surface area contributed by atoms with Crippen LogP contribution in [0.25, 0.3) is 0 Å². The van der Waals surface area contributed by atoms with Crippen molar-refractivity contribution < 1.29 is 14.2 Å². The van der Waals surface area contributed by atoms with Crippen LogP contribution in [0.3, 0.4) is 0 Å². The summed E-state index contributed by atoms with van der Waals surface area (Å²) in [6, 6.07) is 8.09. The molecule has 1 aliphatic heterocycles. The van der Waals surface area contributed by atoms with Crippen molar-refractivity contribution in [3.05, 3.63) is 47.3 Å². The highest BCUT2D eigenvalue weighted by atomic mass is 16.5. The van der Waals surface area contributed by atoms with Crippen molar-refractivity contribution >= 4 is 0 Å². The standard InChI is InChI=1S/C18H25N3O3/c1-22-10-8-21-13-15-7-9-24-17(18(15)20-21)12-19-11-14-3-5-16(23-2)6-4-14/h3-6,13,17,19H,7-12H2,1-2H3/t17-/m0/s1. The number of aromatic nitrogens is 2. The van der Waals surface area contributed by atoms with Crippen molar-refractivity contribution in [2.24, 2.45) is 0 Å². The number of nitrogens with one attached hydrogen (secondary N) is 1. The fraction of sp³-hybridized carbons (Fsp3) is 0.500. The van der Waals surface area contributed by atoms with Crippen LogP contribution in [0, 0.1) is 0 Å². The van der Waals surface area contributed by atoms with Crippen LogP contribution in [0.2, 0.25) is 0 Å². The van der Waals surface area contributed by atoms with E-state index < -0.39 is 0 Å². The second kappa shape index (κ2) is 8.28. The zero-order chi connectivity index (χ0) is 16.8. The lowest BCUT2D eigenvalue weighted by atomic mass is 10.1. The first-order valence-corrected chi connectivity index (χ1v) is 8.30. The third-order valence-corrected chi connectivity index (χ3v) is 4.21. The molecule has 0 aliphatic carbocycles. The minimum atomic E-state index is 0.00999. The Morgan fingerprint density at radius 1 is 1.29 bits per heavy atom. The van der Waals surface area contributed by atoms with Crippen LogP contribution < -0.4 is 10.1 Å². The topological polar surface area (TPSA) is 57.5 Å². The number of rotatable bonds is 8. The predicted molar refractivity (Wildman–Crippen MR) is 91.2 cm³/mol. The van der Waals surface area contributed by atoms with E-state index in [0.29, 0.717) is 6.61 Å². The van der Waals surface area contributed by atoms with E-state index >= 15 is 0 Å². The summed E-state index contributed by atoms with van der Waals surface area (Å²) in [5.41, 5.74) is 3.56. The first kappa shape index (κ1) is 17.0. The molecule has 24 heavy (non-hydrogen) atoms. The van der Waals surface area contributed by atoms with Gasteiger partial charge in [-0.2, -0.15) is 5.10 Å². The Kier molecular flexibility index (Phi) is 5.85. The minimum absolute atomic E-state index is 0.00999. The van der Waals surface area contributed by atoms with Gasteiger partial charge < -0.3 is 19.5 Å². The maximum absolute atomic E-state index is 5.91. The minimum Gasteiger partial charge on any atom is -0.497 e. The average molecular weight is 331 g/mol. The summed E-state index contributed by atoms with van der Waals surface area (Å²) in [6.45, 7) is 3.74. The lowest BCUT2D eigenvalue weighted by molar-refractivity contribution is 0.0392. The van der Waals surface area contributed by atoms with E-state index in [1.807, 2.05) is 16.8 Å². The second-order valence-electron chi connectivity index (χ2n) is 5.88. The smallest absolute Gasteiger partial charge is 0.118 e. The van der Waals surface area contributed by atoms with Gasteiger partial charge >= 0.3 is 0 Å². The molecule has 0 radical (unpaired) electrons. The molecule has 6 heteroatoms. The Morgan fingerprint density at radius 2 is 2.12 bits per heavy atom. The molecule has 1 aromatic heterocycles. The van der Waals surface area contributed by atoms with Crippen LogP contribution in [-0.4, -0.2) is 43.8 Å². The van der Waals surface area contributed by atoms with Crippen LogP contribution in [0.4, 0.5) is 0 Å². The van der Waals surface area contributed by atoms with Crippen molar-refractivity contribution in [2.75, 3.05) is 34.0 Å². The lowest BCUT2D eigenvalue weighted by Crippen LogP contribution is -2.27. The summed E-state index contributed by atoms with van der Waals surface area (Å²) >= 11 is 0. The fourth-order valence-corrected chi connectivity index (χ4v) is 2.88. The normalized spacial score (nSPS) is 16.8. The van der Waals surface area contributed by atoms with Crippen LogP contribution in [0.15, 0.2) is 30.5 Å². The van der Waals surface area contributed by atoms with E-state index in [4.69, 9.17) is 14.2 Å². The number of nitrogens with zero attached hydrogens (tertiary/aromatic N) is 2. The molecule has 0 bridgehead atoms. The van der Waals surface area contributed by atoms with E-state index in [1.165, 1.54) is 11.1 Å². The first-order chi connectivity index (χ1) is 11.8. The SMILES string of the molecule is COCCn1cc2c(n1)[C@H](CNCc1ccc(OC)cc1)OCC2. The molecule has 0 saturated heterocycles. The van der Waals surface area contributed by atoms with Gasteiger partial charge in [0.15, 0.2) is 0 Å². The zero-order valence-electron chi connectivity index (χ0n) is 14.3. The highest BCUT2D eigenvalue weighted by molar-refractivity contribution is 5.27. The molecule has 1 atom stereocenters. The average Bonchev–Trinajstić information content (AvgIpc) is 3.04. The molecule has 2 heterocycles. The quantitative estimate of drug-likeness (QED) is 0.801. The third-order valence-electron chi connectivity index (χ3n) is 4.21. The zero-order valence-corrected chi connectivity index (χ0v) is 14.3. The molecular weight excluding hydrogens is 306 g/mol. The van der Waals surface area contributed by atoms with Gasteiger partial charge in [-0.3, -0.25) is 4.68 Å². The number of methoxy groups -OCH3 is 2. The molecule has 0 fully saturated rings. The van der Waals surface area contributed by atoms with E-state index in [9.17, 15) is 0 Å². The summed E-state index contributed by atoms with van der Waals surface area (Å²) in [5, 5.41) is 8.14. The van der Waals surface area contributed by atoms with Crippen molar-refractivity contribution in [3.63, 3.8) is 0 Å². The first-order valence-electron chi connectivity index (χ1n) is 8.30. The Morgan fingerprint density at radius 3 is 2.88 bits per heavy atom. The van der Waals surface area contributed by atoms with Crippen LogP contribution in [-0.2, 0) is 29.0 Å². The van der Waals surface area contributed by atoms with Crippen molar-refractivity contribution in [1.82, 2.24) is 15.1 Å². The van der Waals surface area contributed by atoms with Crippen molar-refractivity contribution in [2.45, 2.75) is 25.6 Å². The van der Waals surface area contributed by atoms with Gasteiger partial charge in [-0.1, -0.05) is 12.1 Å². The van der Waals surface area contributed by atoms with Gasteiger partial charge in [-0.15, -0.1) is 0 Å². The highest BCUT2D eigenvalue weighted by Gasteiger charge is 2.24. The van der Waals surface area contributed by atoms with Crippen LogP contribution in [0.5, 0.6) is 5.75 Å². The van der Waals surface area contributed by atoms with Gasteiger partial charge in [-0.05, 0) is 29.7 Å². The largest absolute Gasteiger partial charge is 0.497 e. The molecule has 130 valence electrons. The Hall–Kier alpha value is -1.89. The van der Waals surface area contributed by atoms with Gasteiger partial charge in [0.05, 0.1) is 32.6 Å². The number of ether oxygens (including phenoxy) is 3. The molecule has 0 unspecified atom stereocenters. The van der Waals surface area contributed by atoms with E-state index in [-0.39, 0.29) is 6.10 Å². The molecule has 2 aromatic rings. The van der Waals surface area contributed by atoms with Gasteiger partial charge in [0.2, 0.25) is 0 Å². The summed E-state index contributed by atoms with van der Waals surface area (Å²) in [5.74, 6) is 0.876. The number of hydrogen-bond donors (Lipinski definition) is 1. The molecule has 0 saturated carbocycles. The Bertz CT molecular complexity index is 639. The van der Waals surface area contributed by atoms with Crippen molar-refractivity contribution in [1.29, 1.82) is 0 Å². The summed E-state index contributed by atoms with van der Waals surface area (Å²) < 4.78 is 18.2. The van der Waals surface area contributed by atoms with Gasteiger partial charge in [0.25, 0.3) is 0 Å². The summed E-state index contributed by atoms with van der Waals surface area (Å²) in [7, 11) is 3.38. The second-order valence-corrected chi connectivity index (χ2v) is 5.88. The van der Waals surface area contributed by atoms with Gasteiger partial charge in [0, 0.05) is 26.4 Å². The van der Waals surface area contributed by atoms with E-state index in [2.05, 4.69) is 28.7 Å². The molecular formula is C18H25N3O3. The van der Waals surface area contributed by atoms with E-state index in [0.717, 1.165) is 44.1 Å². The number of fused-ring (bicyclic) bond motifs is 1. The summed E-state index contributed by atoms with van der Waals surface area (Å²) in [4.78, 5) is 0. The Labute approximate surface area is 142 Å². The van der Waals surface area contributed by atoms with Gasteiger partial charge in [0.1, 0.15) is 11.9 Å². The highest BCUT2D eigenvalue weighted by Crippen LogP contribution is 2.25. The predicted octanol–water partition coefficient (Wildman–Crippen LogP) is 1.94.